The molecule has 116 valence electrons. The number of likely N-dealkylation sites (N-methyl/N-ethyl adjacent to an activating group) is 1. The van der Waals surface area contributed by atoms with Gasteiger partial charge in [0.1, 0.15) is 0 Å². The van der Waals surface area contributed by atoms with Gasteiger partial charge in [-0.05, 0) is 20.0 Å². The van der Waals surface area contributed by atoms with Crippen LogP contribution >= 0.6 is 0 Å². The first-order valence-corrected chi connectivity index (χ1v) is 6.51. The van der Waals surface area contributed by atoms with Gasteiger partial charge in [0.25, 0.3) is 0 Å². The molecule has 0 radical (unpaired) electrons. The smallest absolute Gasteiger partial charge is 0.337 e. The number of rotatable bonds is 7. The Morgan fingerprint density at radius 2 is 2.14 bits per heavy atom. The molecule has 0 bridgehead atoms. The minimum absolute atomic E-state index is 0.0399. The number of nitro groups is 1. The number of carbonyl (C=O) groups is 1. The van der Waals surface area contributed by atoms with Gasteiger partial charge in [0, 0.05) is 24.8 Å². The van der Waals surface area contributed by atoms with Crippen LogP contribution in [0.1, 0.15) is 24.2 Å². The topological polar surface area (TPSA) is 109 Å². The van der Waals surface area contributed by atoms with Crippen LogP contribution in [-0.2, 0) is 0 Å². The molecule has 1 unspecified atom stereocenters. The van der Waals surface area contributed by atoms with Crippen molar-refractivity contribution in [3.8, 4) is 0 Å². The molecule has 0 fully saturated rings. The first-order chi connectivity index (χ1) is 9.72. The van der Waals surface area contributed by atoms with Gasteiger partial charge in [0.2, 0.25) is 5.82 Å². The van der Waals surface area contributed by atoms with Crippen molar-refractivity contribution >= 4 is 17.5 Å². The fourth-order valence-corrected chi connectivity index (χ4v) is 1.81. The molecule has 0 aliphatic heterocycles. The van der Waals surface area contributed by atoms with Gasteiger partial charge in [-0.3, -0.25) is 10.1 Å². The molecule has 0 amide bonds. The summed E-state index contributed by atoms with van der Waals surface area (Å²) >= 11 is 0. The number of hydrogen-bond donors (Lipinski definition) is 2. The quantitative estimate of drug-likeness (QED) is 0.582. The number of carboxylic acid groups (broad SMARTS) is 1. The van der Waals surface area contributed by atoms with E-state index in [2.05, 4.69) is 10.3 Å². The van der Waals surface area contributed by atoms with Crippen LogP contribution in [0.15, 0.2) is 12.3 Å². The Kier molecular flexibility index (Phi) is 5.60. The molecular weight excluding hydrogens is 276 g/mol. The number of hydrogen-bond acceptors (Lipinski definition) is 6. The summed E-state index contributed by atoms with van der Waals surface area (Å²) in [6.45, 7) is 4.68. The Balaban J connectivity index is 3.11. The summed E-state index contributed by atoms with van der Waals surface area (Å²) in [4.78, 5) is 27.2. The summed E-state index contributed by atoms with van der Waals surface area (Å²) in [5, 5.41) is 23.0. The molecule has 1 aromatic heterocycles. The fourth-order valence-electron chi connectivity index (χ4n) is 1.81. The van der Waals surface area contributed by atoms with Gasteiger partial charge < -0.3 is 15.3 Å². The maximum Gasteiger partial charge on any atom is 0.337 e. The molecule has 0 aliphatic carbocycles. The number of anilines is 1. The van der Waals surface area contributed by atoms with Crippen molar-refractivity contribution in [1.29, 1.82) is 0 Å². The summed E-state index contributed by atoms with van der Waals surface area (Å²) in [5.41, 5.74) is -0.541. The van der Waals surface area contributed by atoms with E-state index >= 15 is 0 Å². The van der Waals surface area contributed by atoms with E-state index in [9.17, 15) is 14.9 Å². The van der Waals surface area contributed by atoms with Crippen LogP contribution in [0.4, 0.5) is 11.5 Å². The zero-order chi connectivity index (χ0) is 16.2. The van der Waals surface area contributed by atoms with Crippen LogP contribution in [0.5, 0.6) is 0 Å². The number of aromatic carboxylic acids is 1. The van der Waals surface area contributed by atoms with Gasteiger partial charge in [-0.15, -0.1) is 0 Å². The predicted molar refractivity (Wildman–Crippen MR) is 78.7 cm³/mol. The van der Waals surface area contributed by atoms with E-state index in [0.29, 0.717) is 6.54 Å². The van der Waals surface area contributed by atoms with Crippen LogP contribution in [0.2, 0.25) is 0 Å². The molecule has 1 aromatic rings. The normalized spacial score (nSPS) is 12.5. The van der Waals surface area contributed by atoms with Crippen LogP contribution in [0.3, 0.4) is 0 Å². The standard InChI is InChI=1S/C13H20N4O4/c1-8(2)10(7-16(3)4)15-12-11(17(20)21)5-9(6-14-12)13(18)19/h5-6,8,10H,7H2,1-4H3,(H,14,15)(H,18,19). The Bertz CT molecular complexity index is 531. The van der Waals surface area contributed by atoms with E-state index in [-0.39, 0.29) is 29.0 Å². The number of nitrogens with one attached hydrogen (secondary N) is 1. The highest BCUT2D eigenvalue weighted by Crippen LogP contribution is 2.24. The summed E-state index contributed by atoms with van der Waals surface area (Å²) in [6.07, 6.45) is 1.12. The van der Waals surface area contributed by atoms with Crippen LogP contribution in [0, 0.1) is 16.0 Å². The number of nitrogens with zero attached hydrogens (tertiary/aromatic N) is 3. The minimum Gasteiger partial charge on any atom is -0.478 e. The average Bonchev–Trinajstić information content (AvgIpc) is 2.37. The molecule has 0 saturated carbocycles. The van der Waals surface area contributed by atoms with Gasteiger partial charge >= 0.3 is 11.7 Å². The van der Waals surface area contributed by atoms with E-state index < -0.39 is 10.9 Å². The van der Waals surface area contributed by atoms with Gasteiger partial charge in [0.05, 0.1) is 10.5 Å². The lowest BCUT2D eigenvalue weighted by Crippen LogP contribution is -2.36. The number of aromatic nitrogens is 1. The minimum atomic E-state index is -1.24. The lowest BCUT2D eigenvalue weighted by atomic mass is 10.0. The lowest BCUT2D eigenvalue weighted by molar-refractivity contribution is -0.384. The number of pyridine rings is 1. The van der Waals surface area contributed by atoms with Crippen molar-refractivity contribution in [2.75, 3.05) is 26.0 Å². The number of carboxylic acids is 1. The highest BCUT2D eigenvalue weighted by atomic mass is 16.6. The highest BCUT2D eigenvalue weighted by molar-refractivity contribution is 5.88. The Hall–Kier alpha value is -2.22. The molecule has 21 heavy (non-hydrogen) atoms. The zero-order valence-electron chi connectivity index (χ0n) is 12.5. The second-order valence-electron chi connectivity index (χ2n) is 5.41. The van der Waals surface area contributed by atoms with Gasteiger partial charge in [-0.25, -0.2) is 9.78 Å². The monoisotopic (exact) mass is 296 g/mol. The van der Waals surface area contributed by atoms with Gasteiger partial charge in [-0.2, -0.15) is 0 Å². The summed E-state index contributed by atoms with van der Waals surface area (Å²) in [6, 6.07) is 0.979. The molecule has 8 heteroatoms. The third-order valence-electron chi connectivity index (χ3n) is 3.00. The van der Waals surface area contributed by atoms with Crippen LogP contribution in [0.25, 0.3) is 0 Å². The van der Waals surface area contributed by atoms with E-state index in [1.54, 1.807) is 0 Å². The summed E-state index contributed by atoms with van der Waals surface area (Å²) in [7, 11) is 3.82. The predicted octanol–water partition coefficient (Wildman–Crippen LogP) is 1.69. The maximum atomic E-state index is 11.1. The van der Waals surface area contributed by atoms with Crippen molar-refractivity contribution in [2.45, 2.75) is 19.9 Å². The second-order valence-corrected chi connectivity index (χ2v) is 5.41. The molecule has 0 aliphatic rings. The van der Waals surface area contributed by atoms with Crippen molar-refractivity contribution in [1.82, 2.24) is 9.88 Å². The molecular formula is C13H20N4O4. The third kappa shape index (κ3) is 4.67. The molecule has 1 heterocycles. The van der Waals surface area contributed by atoms with E-state index in [1.165, 1.54) is 0 Å². The molecule has 0 spiro atoms. The van der Waals surface area contributed by atoms with Gasteiger partial charge in [-0.1, -0.05) is 13.8 Å². The second kappa shape index (κ2) is 6.98. The van der Waals surface area contributed by atoms with Gasteiger partial charge in [0.15, 0.2) is 0 Å². The first-order valence-electron chi connectivity index (χ1n) is 6.51. The van der Waals surface area contributed by atoms with Crippen molar-refractivity contribution < 1.29 is 14.8 Å². The highest BCUT2D eigenvalue weighted by Gasteiger charge is 2.23. The van der Waals surface area contributed by atoms with E-state index in [0.717, 1.165) is 12.3 Å². The third-order valence-corrected chi connectivity index (χ3v) is 3.00. The van der Waals surface area contributed by atoms with Crippen molar-refractivity contribution in [3.63, 3.8) is 0 Å². The maximum absolute atomic E-state index is 11.1. The zero-order valence-corrected chi connectivity index (χ0v) is 12.5. The first kappa shape index (κ1) is 16.8. The molecule has 1 atom stereocenters. The SMILES string of the molecule is CC(C)C(CN(C)C)Nc1ncc(C(=O)O)cc1[N+](=O)[O-]. The van der Waals surface area contributed by atoms with E-state index in [1.807, 2.05) is 32.8 Å². The molecule has 1 rings (SSSR count). The molecule has 0 aromatic carbocycles. The van der Waals surface area contributed by atoms with Crippen molar-refractivity contribution in [2.24, 2.45) is 5.92 Å². The van der Waals surface area contributed by atoms with Crippen LogP contribution in [-0.4, -0.2) is 52.6 Å². The molecule has 0 saturated heterocycles. The Labute approximate surface area is 122 Å². The molecule has 2 N–H and O–H groups in total. The van der Waals surface area contributed by atoms with Crippen LogP contribution < -0.4 is 5.32 Å². The van der Waals surface area contributed by atoms with Crippen molar-refractivity contribution in [3.05, 3.63) is 27.9 Å². The van der Waals surface area contributed by atoms with E-state index in [4.69, 9.17) is 5.11 Å². The Morgan fingerprint density at radius 3 is 2.57 bits per heavy atom. The largest absolute Gasteiger partial charge is 0.478 e. The lowest BCUT2D eigenvalue weighted by Gasteiger charge is -2.25. The summed E-state index contributed by atoms with van der Waals surface area (Å²) in [5.74, 6) is -0.927. The molecule has 8 nitrogen and oxygen atoms in total. The fraction of sp³-hybridized carbons (Fsp3) is 0.538. The average molecular weight is 296 g/mol. The Morgan fingerprint density at radius 1 is 1.52 bits per heavy atom. The summed E-state index contributed by atoms with van der Waals surface area (Å²) < 4.78 is 0.